The van der Waals surface area contributed by atoms with Crippen LogP contribution in [0.4, 0.5) is 10.1 Å². The third-order valence-corrected chi connectivity index (χ3v) is 7.69. The third-order valence-electron chi connectivity index (χ3n) is 7.69. The fourth-order valence-corrected chi connectivity index (χ4v) is 5.42. The van der Waals surface area contributed by atoms with Crippen molar-refractivity contribution in [1.82, 2.24) is 20.5 Å². The van der Waals surface area contributed by atoms with Crippen molar-refractivity contribution >= 4 is 35.1 Å². The van der Waals surface area contributed by atoms with Crippen molar-refractivity contribution in [3.05, 3.63) is 87.5 Å². The highest BCUT2D eigenvalue weighted by molar-refractivity contribution is 6.35. The molecular weight excluding hydrogens is 509 g/mol. The van der Waals surface area contributed by atoms with E-state index in [0.717, 1.165) is 36.5 Å². The molecule has 2 aromatic carbocycles. The van der Waals surface area contributed by atoms with Crippen molar-refractivity contribution in [2.75, 3.05) is 31.5 Å². The minimum atomic E-state index is -0.336. The van der Waals surface area contributed by atoms with Gasteiger partial charge in [0.1, 0.15) is 5.82 Å². The third kappa shape index (κ3) is 5.70. The van der Waals surface area contributed by atoms with Crippen molar-refractivity contribution in [2.24, 2.45) is 0 Å². The Hall–Kier alpha value is -4.24. The summed E-state index contributed by atoms with van der Waals surface area (Å²) >= 11 is 0. The first-order valence-corrected chi connectivity index (χ1v) is 13.6. The van der Waals surface area contributed by atoms with E-state index in [4.69, 9.17) is 0 Å². The average Bonchev–Trinajstić information content (AvgIpc) is 3.62. The largest absolute Gasteiger partial charge is 0.358 e. The Morgan fingerprint density at radius 3 is 2.52 bits per heavy atom. The number of hydrogen-bond donors (Lipinski definition) is 4. The van der Waals surface area contributed by atoms with Gasteiger partial charge in [0.05, 0.1) is 17.2 Å². The quantitative estimate of drug-likeness (QED) is 0.312. The highest BCUT2D eigenvalue weighted by Gasteiger charge is 2.27. The normalized spacial score (nSPS) is 16.6. The van der Waals surface area contributed by atoms with E-state index >= 15 is 0 Å². The van der Waals surface area contributed by atoms with Crippen LogP contribution in [0.5, 0.6) is 0 Å². The summed E-state index contributed by atoms with van der Waals surface area (Å²) < 4.78 is 13.2. The number of carbonyl (C=O) groups excluding carboxylic acids is 3. The summed E-state index contributed by atoms with van der Waals surface area (Å²) in [7, 11) is 0. The molecule has 0 saturated carbocycles. The van der Waals surface area contributed by atoms with E-state index in [1.807, 2.05) is 20.8 Å². The van der Waals surface area contributed by atoms with E-state index in [1.165, 1.54) is 25.0 Å². The summed E-state index contributed by atoms with van der Waals surface area (Å²) in [5, 5.41) is 8.78. The Bertz CT molecular complexity index is 1490. The molecule has 2 aliphatic heterocycles. The van der Waals surface area contributed by atoms with Crippen LogP contribution >= 0.6 is 0 Å². The molecule has 3 amide bonds. The van der Waals surface area contributed by atoms with Crippen LogP contribution in [0.15, 0.2) is 42.5 Å². The Morgan fingerprint density at radius 1 is 1.07 bits per heavy atom. The van der Waals surface area contributed by atoms with Crippen molar-refractivity contribution in [3.63, 3.8) is 0 Å². The number of rotatable bonds is 8. The first kappa shape index (κ1) is 27.3. The van der Waals surface area contributed by atoms with E-state index in [1.54, 1.807) is 36.4 Å². The van der Waals surface area contributed by atoms with E-state index in [-0.39, 0.29) is 29.6 Å². The molecule has 0 spiro atoms. The van der Waals surface area contributed by atoms with Crippen LogP contribution in [0, 0.1) is 19.7 Å². The number of nitrogens with zero attached hydrogens (tertiary/aromatic N) is 1. The van der Waals surface area contributed by atoms with Gasteiger partial charge in [0.15, 0.2) is 0 Å². The lowest BCUT2D eigenvalue weighted by Gasteiger charge is -2.15. The molecule has 5 rings (SSSR count). The maximum absolute atomic E-state index is 13.2. The minimum Gasteiger partial charge on any atom is -0.358 e. The van der Waals surface area contributed by atoms with Gasteiger partial charge in [0.25, 0.3) is 17.7 Å². The fraction of sp³-hybridized carbons (Fsp3) is 0.323. The molecule has 1 saturated heterocycles. The Kier molecular flexibility index (Phi) is 7.84. The molecule has 40 heavy (non-hydrogen) atoms. The van der Waals surface area contributed by atoms with Gasteiger partial charge in [-0.15, -0.1) is 0 Å². The molecule has 1 atom stereocenters. The molecule has 0 bridgehead atoms. The number of H-pyrrole nitrogens is 1. The molecule has 3 aromatic rings. The first-order valence-electron chi connectivity index (χ1n) is 13.6. The zero-order chi connectivity index (χ0) is 28.4. The molecule has 0 aliphatic carbocycles. The second kappa shape index (κ2) is 11.5. The van der Waals surface area contributed by atoms with Gasteiger partial charge < -0.3 is 25.8 Å². The Labute approximate surface area is 233 Å². The van der Waals surface area contributed by atoms with Gasteiger partial charge in [-0.1, -0.05) is 18.2 Å². The molecule has 4 N–H and O–H groups in total. The molecule has 3 heterocycles. The topological polar surface area (TPSA) is 106 Å². The van der Waals surface area contributed by atoms with Crippen LogP contribution in [-0.2, 0) is 4.79 Å². The molecule has 208 valence electrons. The lowest BCUT2D eigenvalue weighted by Crippen LogP contribution is -2.33. The lowest BCUT2D eigenvalue weighted by molar-refractivity contribution is -0.110. The number of benzene rings is 2. The summed E-state index contributed by atoms with van der Waals surface area (Å²) in [5.74, 6) is -1.05. The van der Waals surface area contributed by atoms with Crippen molar-refractivity contribution in [3.8, 4) is 0 Å². The van der Waals surface area contributed by atoms with E-state index < -0.39 is 0 Å². The van der Waals surface area contributed by atoms with Gasteiger partial charge in [-0.05, 0) is 88.2 Å². The standard InChI is InChI=1S/C31H34FN5O3/c1-18-26(34-20(3)28(18)31(40)33-12-15-37-13-4-5-14-37)17-25-24-11-8-22(16-27(24)36-30(25)39)29(38)35-19(2)21-6-9-23(32)10-7-21/h6-11,16-17,19,34H,4-5,12-15H2,1-3H3,(H,33,40)(H,35,38)(H,36,39)/b25-17-/t19-/m1/s1. The van der Waals surface area contributed by atoms with Gasteiger partial charge in [0, 0.05) is 41.3 Å². The number of carbonyl (C=O) groups is 3. The Morgan fingerprint density at radius 2 is 1.80 bits per heavy atom. The number of nitrogens with one attached hydrogen (secondary N) is 4. The number of amides is 3. The van der Waals surface area contributed by atoms with Crippen LogP contribution in [0.2, 0.25) is 0 Å². The molecule has 0 unspecified atom stereocenters. The number of aromatic amines is 1. The number of aryl methyl sites for hydroxylation is 1. The monoisotopic (exact) mass is 543 g/mol. The Balaban J connectivity index is 1.30. The number of likely N-dealkylation sites (tertiary alicyclic amines) is 1. The lowest BCUT2D eigenvalue weighted by atomic mass is 10.0. The molecule has 1 fully saturated rings. The van der Waals surface area contributed by atoms with Gasteiger partial charge in [-0.2, -0.15) is 0 Å². The highest BCUT2D eigenvalue weighted by Crippen LogP contribution is 2.35. The summed E-state index contributed by atoms with van der Waals surface area (Å²) in [5.41, 5.74) is 5.64. The van der Waals surface area contributed by atoms with E-state index in [2.05, 4.69) is 25.8 Å². The SMILES string of the molecule is Cc1[nH]c(/C=C2\C(=O)Nc3cc(C(=O)N[C@H](C)c4ccc(F)cc4)ccc32)c(C)c1C(=O)NCCN1CCCC1. The maximum Gasteiger partial charge on any atom is 0.256 e. The second-order valence-electron chi connectivity index (χ2n) is 10.5. The van der Waals surface area contributed by atoms with Gasteiger partial charge in [0.2, 0.25) is 0 Å². The highest BCUT2D eigenvalue weighted by atomic mass is 19.1. The van der Waals surface area contributed by atoms with Crippen molar-refractivity contribution in [1.29, 1.82) is 0 Å². The zero-order valence-electron chi connectivity index (χ0n) is 23.0. The molecule has 9 heteroatoms. The number of aromatic nitrogens is 1. The number of anilines is 1. The van der Waals surface area contributed by atoms with Crippen molar-refractivity contribution < 1.29 is 18.8 Å². The van der Waals surface area contributed by atoms with Crippen LogP contribution in [0.3, 0.4) is 0 Å². The van der Waals surface area contributed by atoms with Gasteiger partial charge >= 0.3 is 0 Å². The second-order valence-corrected chi connectivity index (χ2v) is 10.5. The van der Waals surface area contributed by atoms with E-state index in [9.17, 15) is 18.8 Å². The number of hydrogen-bond acceptors (Lipinski definition) is 4. The minimum absolute atomic E-state index is 0.128. The van der Waals surface area contributed by atoms with E-state index in [0.29, 0.717) is 40.2 Å². The smallest absolute Gasteiger partial charge is 0.256 e. The molecular formula is C31H34FN5O3. The van der Waals surface area contributed by atoms with Crippen LogP contribution in [0.25, 0.3) is 11.6 Å². The first-order chi connectivity index (χ1) is 19.2. The summed E-state index contributed by atoms with van der Waals surface area (Å²) in [4.78, 5) is 44.4. The van der Waals surface area contributed by atoms with Crippen LogP contribution < -0.4 is 16.0 Å². The van der Waals surface area contributed by atoms with Gasteiger partial charge in [-0.25, -0.2) is 4.39 Å². The number of fused-ring (bicyclic) bond motifs is 1. The molecule has 2 aliphatic rings. The van der Waals surface area contributed by atoms with Crippen molar-refractivity contribution in [2.45, 2.75) is 39.7 Å². The predicted octanol–water partition coefficient (Wildman–Crippen LogP) is 4.58. The summed E-state index contributed by atoms with van der Waals surface area (Å²) in [6, 6.07) is 10.7. The summed E-state index contributed by atoms with van der Waals surface area (Å²) in [6.07, 6.45) is 4.18. The molecule has 0 radical (unpaired) electrons. The predicted molar refractivity (Wildman–Crippen MR) is 153 cm³/mol. The average molecular weight is 544 g/mol. The van der Waals surface area contributed by atoms with Crippen LogP contribution in [0.1, 0.15) is 74.6 Å². The van der Waals surface area contributed by atoms with Gasteiger partial charge in [-0.3, -0.25) is 14.4 Å². The summed E-state index contributed by atoms with van der Waals surface area (Å²) in [6.45, 7) is 9.14. The van der Waals surface area contributed by atoms with Crippen LogP contribution in [-0.4, -0.2) is 53.8 Å². The number of halogens is 1. The fourth-order valence-electron chi connectivity index (χ4n) is 5.42. The molecule has 8 nitrogen and oxygen atoms in total. The zero-order valence-corrected chi connectivity index (χ0v) is 23.0. The maximum atomic E-state index is 13.2. The molecule has 1 aromatic heterocycles.